The van der Waals surface area contributed by atoms with E-state index in [1.54, 1.807) is 36.4 Å². The Bertz CT molecular complexity index is 673. The Balaban J connectivity index is 2.07. The van der Waals surface area contributed by atoms with Gasteiger partial charge in [0.05, 0.1) is 18.5 Å². The molecular formula is C14H14N4O3. The van der Waals surface area contributed by atoms with E-state index >= 15 is 0 Å². The van der Waals surface area contributed by atoms with Crippen LogP contribution in [-0.4, -0.2) is 23.9 Å². The fourth-order valence-corrected chi connectivity index (χ4v) is 1.61. The molecular weight excluding hydrogens is 272 g/mol. The van der Waals surface area contributed by atoms with Crippen LogP contribution in [-0.2, 0) is 9.59 Å². The Hall–Kier alpha value is -3.09. The van der Waals surface area contributed by atoms with Gasteiger partial charge in [-0.05, 0) is 24.3 Å². The van der Waals surface area contributed by atoms with Gasteiger partial charge in [0.15, 0.2) is 5.82 Å². The summed E-state index contributed by atoms with van der Waals surface area (Å²) in [5.74, 6) is -1.12. The lowest BCUT2D eigenvalue weighted by molar-refractivity contribution is -0.133. The van der Waals surface area contributed by atoms with Crippen molar-refractivity contribution in [1.29, 1.82) is 0 Å². The molecule has 4 N–H and O–H groups in total. The predicted octanol–water partition coefficient (Wildman–Crippen LogP) is 1.25. The molecule has 0 radical (unpaired) electrons. The van der Waals surface area contributed by atoms with Crippen molar-refractivity contribution in [2.75, 3.05) is 23.5 Å². The molecule has 108 valence electrons. The van der Waals surface area contributed by atoms with Crippen LogP contribution in [0.4, 0.5) is 17.2 Å². The number of nitrogens with one attached hydrogen (secondary N) is 2. The fraction of sp³-hybridized carbons (Fsp3) is 0.0714. The highest BCUT2D eigenvalue weighted by Gasteiger charge is 2.17. The smallest absolute Gasteiger partial charge is 0.315 e. The first-order valence-corrected chi connectivity index (χ1v) is 6.07. The number of hydrogen-bond acceptors (Lipinski definition) is 5. The first kappa shape index (κ1) is 14.3. The van der Waals surface area contributed by atoms with Crippen LogP contribution in [0, 0.1) is 0 Å². The molecule has 0 saturated heterocycles. The van der Waals surface area contributed by atoms with Gasteiger partial charge in [-0.25, -0.2) is 4.98 Å². The van der Waals surface area contributed by atoms with E-state index in [9.17, 15) is 9.59 Å². The number of nitrogen functional groups attached to an aromatic ring is 1. The van der Waals surface area contributed by atoms with Gasteiger partial charge in [-0.2, -0.15) is 0 Å². The monoisotopic (exact) mass is 286 g/mol. The number of hydrogen-bond donors (Lipinski definition) is 3. The zero-order chi connectivity index (χ0) is 15.2. The number of aromatic nitrogens is 1. The maximum absolute atomic E-state index is 11.8. The summed E-state index contributed by atoms with van der Waals surface area (Å²) in [6.07, 6.45) is 1.46. The number of ether oxygens (including phenoxy) is 1. The van der Waals surface area contributed by atoms with Crippen molar-refractivity contribution in [3.63, 3.8) is 0 Å². The van der Waals surface area contributed by atoms with E-state index < -0.39 is 11.8 Å². The van der Waals surface area contributed by atoms with E-state index in [0.717, 1.165) is 0 Å². The van der Waals surface area contributed by atoms with Crippen LogP contribution in [0.3, 0.4) is 0 Å². The molecule has 0 fully saturated rings. The number of rotatable bonds is 3. The van der Waals surface area contributed by atoms with Crippen LogP contribution >= 0.6 is 0 Å². The number of carbonyl (C=O) groups excluding carboxylic acids is 2. The molecule has 1 aromatic heterocycles. The summed E-state index contributed by atoms with van der Waals surface area (Å²) in [4.78, 5) is 27.5. The van der Waals surface area contributed by atoms with Gasteiger partial charge in [-0.1, -0.05) is 12.1 Å². The standard InChI is InChI=1S/C14H14N4O3/c1-21-11-7-3-2-6-10(11)17-13(19)14(20)18-12-9(15)5-4-8-16-12/h2-8H,15H2,1H3,(H,17,19)(H,16,18,20). The van der Waals surface area contributed by atoms with Crippen molar-refractivity contribution < 1.29 is 14.3 Å². The highest BCUT2D eigenvalue weighted by Crippen LogP contribution is 2.23. The van der Waals surface area contributed by atoms with Crippen LogP contribution in [0.1, 0.15) is 0 Å². The number of methoxy groups -OCH3 is 1. The second-order valence-electron chi connectivity index (χ2n) is 4.05. The second-order valence-corrected chi connectivity index (χ2v) is 4.05. The lowest BCUT2D eigenvalue weighted by Gasteiger charge is -2.10. The normalized spacial score (nSPS) is 9.76. The molecule has 2 aromatic rings. The molecule has 2 rings (SSSR count). The summed E-state index contributed by atoms with van der Waals surface area (Å²) in [5.41, 5.74) is 6.31. The van der Waals surface area contributed by atoms with Gasteiger partial charge in [0.2, 0.25) is 0 Å². The number of carbonyl (C=O) groups is 2. The topological polar surface area (TPSA) is 106 Å². The number of benzene rings is 1. The summed E-state index contributed by atoms with van der Waals surface area (Å²) in [5, 5.41) is 4.80. The van der Waals surface area contributed by atoms with Crippen LogP contribution in [0.15, 0.2) is 42.6 Å². The van der Waals surface area contributed by atoms with Gasteiger partial charge in [-0.3, -0.25) is 9.59 Å². The van der Waals surface area contributed by atoms with Crippen molar-refractivity contribution in [2.45, 2.75) is 0 Å². The Morgan fingerprint density at radius 1 is 1.10 bits per heavy atom. The van der Waals surface area contributed by atoms with Crippen LogP contribution in [0.25, 0.3) is 0 Å². The van der Waals surface area contributed by atoms with Gasteiger partial charge in [0, 0.05) is 6.20 Å². The van der Waals surface area contributed by atoms with Gasteiger partial charge in [-0.15, -0.1) is 0 Å². The van der Waals surface area contributed by atoms with Crippen molar-refractivity contribution in [2.24, 2.45) is 0 Å². The minimum absolute atomic E-state index is 0.137. The minimum atomic E-state index is -0.869. The van der Waals surface area contributed by atoms with E-state index in [-0.39, 0.29) is 11.5 Å². The van der Waals surface area contributed by atoms with E-state index in [1.807, 2.05) is 0 Å². The molecule has 0 aliphatic heterocycles. The van der Waals surface area contributed by atoms with Crippen molar-refractivity contribution >= 4 is 29.0 Å². The van der Waals surface area contributed by atoms with E-state index in [4.69, 9.17) is 10.5 Å². The molecule has 0 aliphatic carbocycles. The van der Waals surface area contributed by atoms with Gasteiger partial charge in [0.1, 0.15) is 5.75 Å². The number of amides is 2. The second kappa shape index (κ2) is 6.38. The molecule has 21 heavy (non-hydrogen) atoms. The summed E-state index contributed by atoms with van der Waals surface area (Å²) >= 11 is 0. The quantitative estimate of drug-likeness (QED) is 0.736. The molecule has 0 saturated carbocycles. The average Bonchev–Trinajstić information content (AvgIpc) is 2.50. The number of anilines is 3. The maximum atomic E-state index is 11.8. The van der Waals surface area contributed by atoms with Gasteiger partial charge in [0.25, 0.3) is 0 Å². The number of nitrogens with zero attached hydrogens (tertiary/aromatic N) is 1. The zero-order valence-corrected chi connectivity index (χ0v) is 11.3. The molecule has 0 atom stereocenters. The molecule has 0 bridgehead atoms. The Labute approximate surface area is 121 Å². The third kappa shape index (κ3) is 3.47. The molecule has 0 spiro atoms. The SMILES string of the molecule is COc1ccccc1NC(=O)C(=O)Nc1ncccc1N. The highest BCUT2D eigenvalue weighted by molar-refractivity contribution is 6.43. The van der Waals surface area contributed by atoms with Gasteiger partial charge < -0.3 is 21.1 Å². The third-order valence-electron chi connectivity index (χ3n) is 2.63. The number of nitrogens with two attached hydrogens (primary N) is 1. The molecule has 1 aromatic carbocycles. The Morgan fingerprint density at radius 3 is 2.52 bits per heavy atom. The van der Waals surface area contributed by atoms with Crippen molar-refractivity contribution in [1.82, 2.24) is 4.98 Å². The summed E-state index contributed by atoms with van der Waals surface area (Å²) in [6, 6.07) is 9.96. The summed E-state index contributed by atoms with van der Waals surface area (Å²) in [7, 11) is 1.47. The number of para-hydroxylation sites is 2. The van der Waals surface area contributed by atoms with Crippen LogP contribution in [0.2, 0.25) is 0 Å². The molecule has 2 amide bonds. The molecule has 0 aliphatic rings. The van der Waals surface area contributed by atoms with E-state index in [1.165, 1.54) is 13.3 Å². The van der Waals surface area contributed by atoms with Crippen molar-refractivity contribution in [3.8, 4) is 5.75 Å². The van der Waals surface area contributed by atoms with E-state index in [2.05, 4.69) is 15.6 Å². The first-order valence-electron chi connectivity index (χ1n) is 6.07. The lowest BCUT2D eigenvalue weighted by atomic mass is 10.3. The van der Waals surface area contributed by atoms with Crippen LogP contribution in [0.5, 0.6) is 5.75 Å². The molecule has 7 nitrogen and oxygen atoms in total. The molecule has 1 heterocycles. The zero-order valence-electron chi connectivity index (χ0n) is 11.3. The highest BCUT2D eigenvalue weighted by atomic mass is 16.5. The van der Waals surface area contributed by atoms with Crippen LogP contribution < -0.4 is 21.1 Å². The average molecular weight is 286 g/mol. The molecule has 7 heteroatoms. The maximum Gasteiger partial charge on any atom is 0.315 e. The number of pyridine rings is 1. The predicted molar refractivity (Wildman–Crippen MR) is 78.9 cm³/mol. The third-order valence-corrected chi connectivity index (χ3v) is 2.63. The fourth-order valence-electron chi connectivity index (χ4n) is 1.61. The van der Waals surface area contributed by atoms with E-state index in [0.29, 0.717) is 11.4 Å². The van der Waals surface area contributed by atoms with Crippen molar-refractivity contribution in [3.05, 3.63) is 42.6 Å². The molecule has 0 unspecified atom stereocenters. The largest absolute Gasteiger partial charge is 0.495 e. The Kier molecular flexibility index (Phi) is 4.35. The summed E-state index contributed by atoms with van der Waals surface area (Å²) in [6.45, 7) is 0. The lowest BCUT2D eigenvalue weighted by Crippen LogP contribution is -2.29. The van der Waals surface area contributed by atoms with Gasteiger partial charge >= 0.3 is 11.8 Å². The summed E-state index contributed by atoms with van der Waals surface area (Å²) < 4.78 is 5.08. The first-order chi connectivity index (χ1) is 10.1. The minimum Gasteiger partial charge on any atom is -0.495 e. The Morgan fingerprint density at radius 2 is 1.81 bits per heavy atom.